The predicted molar refractivity (Wildman–Crippen MR) is 36.3 cm³/mol. The summed E-state index contributed by atoms with van der Waals surface area (Å²) in [5, 5.41) is 3.53. The van der Waals surface area contributed by atoms with Crippen molar-refractivity contribution in [3.63, 3.8) is 0 Å². The van der Waals surface area contributed by atoms with E-state index < -0.39 is 0 Å². The number of halogens is 1. The van der Waals surface area contributed by atoms with Gasteiger partial charge in [-0.15, -0.1) is 11.6 Å². The van der Waals surface area contributed by atoms with Crippen molar-refractivity contribution in [1.82, 2.24) is 5.16 Å². The fraction of sp³-hybridized carbons (Fsp3) is 0.333. The Morgan fingerprint density at radius 1 is 1.90 bits per heavy atom. The van der Waals surface area contributed by atoms with Gasteiger partial charge in [-0.3, -0.25) is 4.79 Å². The van der Waals surface area contributed by atoms with Crippen molar-refractivity contribution in [3.8, 4) is 0 Å². The largest absolute Gasteiger partial charge is 0.353 e. The Morgan fingerprint density at radius 3 is 3.00 bits per heavy atom. The second-order valence-corrected chi connectivity index (χ2v) is 2.16. The lowest BCUT2D eigenvalue weighted by molar-refractivity contribution is 0.0982. The monoisotopic (exact) mass is 159 g/mol. The third kappa shape index (κ3) is 1.36. The molecule has 0 N–H and O–H groups in total. The maximum absolute atomic E-state index is 10.8. The van der Waals surface area contributed by atoms with Gasteiger partial charge in [-0.2, -0.15) is 0 Å². The minimum Gasteiger partial charge on any atom is -0.353 e. The molecule has 1 rings (SSSR count). The molecule has 10 heavy (non-hydrogen) atoms. The average molecular weight is 160 g/mol. The maximum Gasteiger partial charge on any atom is 0.215 e. The third-order valence-corrected chi connectivity index (χ3v) is 1.27. The third-order valence-electron chi connectivity index (χ3n) is 1.02. The Kier molecular flexibility index (Phi) is 2.06. The first-order valence-corrected chi connectivity index (χ1v) is 3.30. The highest BCUT2D eigenvalue weighted by molar-refractivity contribution is 6.30. The second-order valence-electron chi connectivity index (χ2n) is 1.89. The van der Waals surface area contributed by atoms with Crippen molar-refractivity contribution in [2.24, 2.45) is 0 Å². The predicted octanol–water partition coefficient (Wildman–Crippen LogP) is 1.40. The van der Waals surface area contributed by atoms with E-state index in [0.29, 0.717) is 5.69 Å². The normalized spacial score (nSPS) is 9.80. The summed E-state index contributed by atoms with van der Waals surface area (Å²) in [5.74, 6) is -0.0657. The number of rotatable bonds is 2. The molecule has 0 radical (unpaired) electrons. The lowest BCUT2D eigenvalue weighted by Crippen LogP contribution is -1.96. The number of aromatic nitrogens is 1. The van der Waals surface area contributed by atoms with Crippen LogP contribution >= 0.6 is 11.6 Å². The number of carbonyl (C=O) groups excluding carboxylic acids is 1. The highest BCUT2D eigenvalue weighted by atomic mass is 35.5. The van der Waals surface area contributed by atoms with Crippen LogP contribution in [0.15, 0.2) is 10.6 Å². The molecule has 0 aromatic carbocycles. The zero-order chi connectivity index (χ0) is 7.56. The number of carbonyl (C=O) groups is 1. The maximum atomic E-state index is 10.8. The van der Waals surface area contributed by atoms with Crippen molar-refractivity contribution in [2.75, 3.05) is 5.88 Å². The molecule has 0 saturated heterocycles. The highest BCUT2D eigenvalue weighted by Gasteiger charge is 2.08. The smallest absolute Gasteiger partial charge is 0.215 e. The average Bonchev–Trinajstić information content (AvgIpc) is 2.34. The molecule has 4 heteroatoms. The molecule has 0 amide bonds. The summed E-state index contributed by atoms with van der Waals surface area (Å²) in [6.45, 7) is 1.74. The molecule has 0 fully saturated rings. The van der Waals surface area contributed by atoms with E-state index in [-0.39, 0.29) is 17.4 Å². The van der Waals surface area contributed by atoms with E-state index in [1.54, 1.807) is 13.0 Å². The molecule has 1 aromatic heterocycles. The number of ketones is 1. The van der Waals surface area contributed by atoms with Crippen LogP contribution in [0.4, 0.5) is 0 Å². The molecule has 3 nitrogen and oxygen atoms in total. The number of hydrogen-bond donors (Lipinski definition) is 0. The van der Waals surface area contributed by atoms with Crippen LogP contribution in [0.5, 0.6) is 0 Å². The van der Waals surface area contributed by atoms with Gasteiger partial charge in [0.1, 0.15) is 0 Å². The molecule has 0 saturated carbocycles. The Hall–Kier alpha value is -0.830. The fourth-order valence-electron chi connectivity index (χ4n) is 0.561. The molecule has 0 atom stereocenters. The summed E-state index contributed by atoms with van der Waals surface area (Å²) < 4.78 is 4.63. The summed E-state index contributed by atoms with van der Waals surface area (Å²) in [6.07, 6.45) is 0. The van der Waals surface area contributed by atoms with Crippen molar-refractivity contribution in [2.45, 2.75) is 6.92 Å². The van der Waals surface area contributed by atoms with E-state index >= 15 is 0 Å². The summed E-state index contributed by atoms with van der Waals surface area (Å²) in [7, 11) is 0. The number of hydrogen-bond acceptors (Lipinski definition) is 3. The Bertz CT molecular complexity index is 244. The van der Waals surface area contributed by atoms with Crippen LogP contribution < -0.4 is 0 Å². The molecule has 0 aliphatic rings. The van der Waals surface area contributed by atoms with E-state index in [4.69, 9.17) is 11.6 Å². The van der Waals surface area contributed by atoms with Crippen molar-refractivity contribution in [3.05, 3.63) is 17.5 Å². The summed E-state index contributed by atoms with van der Waals surface area (Å²) in [5.41, 5.74) is 0.688. The molecule has 0 aliphatic heterocycles. The van der Waals surface area contributed by atoms with Gasteiger partial charge in [0.25, 0.3) is 0 Å². The lowest BCUT2D eigenvalue weighted by Gasteiger charge is -1.82. The first-order valence-electron chi connectivity index (χ1n) is 2.76. The van der Waals surface area contributed by atoms with Crippen LogP contribution in [-0.2, 0) is 0 Å². The topological polar surface area (TPSA) is 43.1 Å². The Labute approximate surface area is 63.0 Å². The molecular formula is C6H6ClNO2. The molecule has 1 aromatic rings. The molecule has 0 spiro atoms. The van der Waals surface area contributed by atoms with Gasteiger partial charge in [-0.25, -0.2) is 0 Å². The van der Waals surface area contributed by atoms with Gasteiger partial charge >= 0.3 is 0 Å². The van der Waals surface area contributed by atoms with Crippen LogP contribution in [0.1, 0.15) is 16.2 Å². The Morgan fingerprint density at radius 2 is 2.60 bits per heavy atom. The number of aryl methyl sites for hydroxylation is 1. The molecule has 0 aliphatic carbocycles. The van der Waals surface area contributed by atoms with Crippen LogP contribution in [0.2, 0.25) is 0 Å². The van der Waals surface area contributed by atoms with Crippen LogP contribution in [0, 0.1) is 6.92 Å². The zero-order valence-corrected chi connectivity index (χ0v) is 6.18. The van der Waals surface area contributed by atoms with Crippen molar-refractivity contribution < 1.29 is 9.32 Å². The van der Waals surface area contributed by atoms with Crippen molar-refractivity contribution >= 4 is 17.4 Å². The molecule has 54 valence electrons. The van der Waals surface area contributed by atoms with Gasteiger partial charge in [-0.05, 0) is 6.92 Å². The van der Waals surface area contributed by atoms with Crippen molar-refractivity contribution in [1.29, 1.82) is 0 Å². The Balaban J connectivity index is 2.85. The van der Waals surface area contributed by atoms with Gasteiger partial charge < -0.3 is 4.52 Å². The molecule has 0 unspecified atom stereocenters. The van der Waals surface area contributed by atoms with Crippen LogP contribution in [0.3, 0.4) is 0 Å². The highest BCUT2D eigenvalue weighted by Crippen LogP contribution is 2.03. The van der Waals surface area contributed by atoms with Gasteiger partial charge in [0.15, 0.2) is 0 Å². The number of Topliss-reactive ketones (excluding diaryl/α,β-unsaturated/α-hetero) is 1. The van der Waals surface area contributed by atoms with Gasteiger partial charge in [0.2, 0.25) is 11.5 Å². The van der Waals surface area contributed by atoms with E-state index in [0.717, 1.165) is 0 Å². The van der Waals surface area contributed by atoms with Crippen LogP contribution in [0.25, 0.3) is 0 Å². The zero-order valence-electron chi connectivity index (χ0n) is 5.43. The molecular weight excluding hydrogens is 154 g/mol. The molecule has 1 heterocycles. The number of nitrogens with zero attached hydrogens (tertiary/aromatic N) is 1. The molecule has 0 bridgehead atoms. The van der Waals surface area contributed by atoms with E-state index in [1.165, 1.54) is 0 Å². The fourth-order valence-corrected chi connectivity index (χ4v) is 0.693. The lowest BCUT2D eigenvalue weighted by atomic mass is 10.3. The number of alkyl halides is 1. The summed E-state index contributed by atoms with van der Waals surface area (Å²) in [6, 6.07) is 1.56. The summed E-state index contributed by atoms with van der Waals surface area (Å²) >= 11 is 5.26. The minimum atomic E-state index is -0.234. The second kappa shape index (κ2) is 2.84. The standard InChI is InChI=1S/C6H6ClNO2/c1-4-2-6(10-8-4)5(9)3-7/h2H,3H2,1H3. The quantitative estimate of drug-likeness (QED) is 0.484. The van der Waals surface area contributed by atoms with Crippen LogP contribution in [-0.4, -0.2) is 16.8 Å². The minimum absolute atomic E-state index is 0.0609. The van der Waals surface area contributed by atoms with E-state index in [2.05, 4.69) is 9.68 Å². The van der Waals surface area contributed by atoms with E-state index in [1.807, 2.05) is 0 Å². The summed E-state index contributed by atoms with van der Waals surface area (Å²) in [4.78, 5) is 10.8. The SMILES string of the molecule is Cc1cc(C(=O)CCl)on1. The first-order chi connectivity index (χ1) is 4.74. The van der Waals surface area contributed by atoms with E-state index in [9.17, 15) is 4.79 Å². The van der Waals surface area contributed by atoms with Gasteiger partial charge in [-0.1, -0.05) is 5.16 Å². The van der Waals surface area contributed by atoms with Gasteiger partial charge in [0, 0.05) is 6.07 Å². The van der Waals surface area contributed by atoms with Gasteiger partial charge in [0.05, 0.1) is 11.6 Å². The first kappa shape index (κ1) is 7.28.